The van der Waals surface area contributed by atoms with Crippen LogP contribution in [0.2, 0.25) is 0 Å². The van der Waals surface area contributed by atoms with E-state index in [0.717, 1.165) is 11.7 Å². The highest BCUT2D eigenvalue weighted by molar-refractivity contribution is 7.99. The third-order valence-corrected chi connectivity index (χ3v) is 4.40. The van der Waals surface area contributed by atoms with E-state index in [1.54, 1.807) is 0 Å². The summed E-state index contributed by atoms with van der Waals surface area (Å²) < 4.78 is 0. The lowest BCUT2D eigenvalue weighted by Gasteiger charge is -2.23. The summed E-state index contributed by atoms with van der Waals surface area (Å²) in [7, 11) is 2.00. The SMILES string of the molecule is C#CCC(CSC1CCCCC1)NC. The predicted octanol–water partition coefficient (Wildman–Crippen LogP) is 2.66. The smallest absolute Gasteiger partial charge is 0.0264 e. The van der Waals surface area contributed by atoms with Gasteiger partial charge in [0.1, 0.15) is 0 Å². The molecular formula is C12H21NS. The van der Waals surface area contributed by atoms with E-state index >= 15 is 0 Å². The van der Waals surface area contributed by atoms with E-state index in [2.05, 4.69) is 23.0 Å². The molecule has 2 heteroatoms. The average molecular weight is 211 g/mol. The topological polar surface area (TPSA) is 12.0 Å². The van der Waals surface area contributed by atoms with E-state index in [9.17, 15) is 0 Å². The molecule has 0 saturated heterocycles. The van der Waals surface area contributed by atoms with Crippen molar-refractivity contribution in [2.75, 3.05) is 12.8 Å². The molecule has 0 radical (unpaired) electrons. The van der Waals surface area contributed by atoms with Crippen LogP contribution in [0.1, 0.15) is 38.5 Å². The predicted molar refractivity (Wildman–Crippen MR) is 65.6 cm³/mol. The molecule has 1 saturated carbocycles. The molecule has 1 fully saturated rings. The Morgan fingerprint density at radius 1 is 1.43 bits per heavy atom. The molecule has 0 aromatic rings. The molecule has 0 spiro atoms. The van der Waals surface area contributed by atoms with E-state index in [-0.39, 0.29) is 0 Å². The second kappa shape index (κ2) is 7.20. The van der Waals surface area contributed by atoms with Crippen LogP contribution in [-0.2, 0) is 0 Å². The van der Waals surface area contributed by atoms with Gasteiger partial charge in [0, 0.05) is 23.5 Å². The normalized spacial score (nSPS) is 20.3. The molecule has 1 aliphatic rings. The summed E-state index contributed by atoms with van der Waals surface area (Å²) in [6.07, 6.45) is 13.3. The summed E-state index contributed by atoms with van der Waals surface area (Å²) in [6, 6.07) is 0.506. The zero-order valence-electron chi connectivity index (χ0n) is 9.09. The van der Waals surface area contributed by atoms with Gasteiger partial charge < -0.3 is 5.32 Å². The Bertz CT molecular complexity index is 179. The number of nitrogens with one attached hydrogen (secondary N) is 1. The van der Waals surface area contributed by atoms with Crippen molar-refractivity contribution >= 4 is 11.8 Å². The molecule has 1 unspecified atom stereocenters. The zero-order valence-corrected chi connectivity index (χ0v) is 9.91. The summed E-state index contributed by atoms with van der Waals surface area (Å²) >= 11 is 2.11. The van der Waals surface area contributed by atoms with Crippen LogP contribution in [0.25, 0.3) is 0 Å². The molecule has 0 aliphatic heterocycles. The van der Waals surface area contributed by atoms with Crippen molar-refractivity contribution in [3.63, 3.8) is 0 Å². The third kappa shape index (κ3) is 4.39. The van der Waals surface area contributed by atoms with Crippen molar-refractivity contribution in [1.82, 2.24) is 5.32 Å². The van der Waals surface area contributed by atoms with Crippen LogP contribution < -0.4 is 5.32 Å². The fourth-order valence-electron chi connectivity index (χ4n) is 1.87. The Hall–Kier alpha value is -0.130. The molecule has 1 aliphatic carbocycles. The molecule has 0 bridgehead atoms. The number of hydrogen-bond donors (Lipinski definition) is 1. The summed E-state index contributed by atoms with van der Waals surface area (Å²) in [6.45, 7) is 0. The molecule has 1 rings (SSSR count). The van der Waals surface area contributed by atoms with Gasteiger partial charge in [-0.05, 0) is 19.9 Å². The van der Waals surface area contributed by atoms with Crippen LogP contribution in [0.5, 0.6) is 0 Å². The highest BCUT2D eigenvalue weighted by Crippen LogP contribution is 2.28. The minimum absolute atomic E-state index is 0.506. The first kappa shape index (κ1) is 11.9. The molecule has 1 atom stereocenters. The van der Waals surface area contributed by atoms with Crippen molar-refractivity contribution in [3.05, 3.63) is 0 Å². The number of rotatable bonds is 5. The van der Waals surface area contributed by atoms with Crippen LogP contribution >= 0.6 is 11.8 Å². The van der Waals surface area contributed by atoms with Gasteiger partial charge in [-0.25, -0.2) is 0 Å². The van der Waals surface area contributed by atoms with E-state index in [1.165, 1.54) is 37.9 Å². The zero-order chi connectivity index (χ0) is 10.2. The summed E-state index contributed by atoms with van der Waals surface area (Å²) in [5.74, 6) is 3.90. The van der Waals surface area contributed by atoms with Gasteiger partial charge in [-0.3, -0.25) is 0 Å². The minimum Gasteiger partial charge on any atom is -0.315 e. The first-order chi connectivity index (χ1) is 6.86. The number of terminal acetylenes is 1. The molecule has 14 heavy (non-hydrogen) atoms. The van der Waals surface area contributed by atoms with E-state index in [0.29, 0.717) is 6.04 Å². The van der Waals surface area contributed by atoms with Crippen molar-refractivity contribution in [3.8, 4) is 12.3 Å². The standard InChI is InChI=1S/C12H21NS/c1-3-7-11(13-2)10-14-12-8-5-4-6-9-12/h1,11-13H,4-10H2,2H3. The maximum Gasteiger partial charge on any atom is 0.0264 e. The van der Waals surface area contributed by atoms with Crippen LogP contribution in [0.4, 0.5) is 0 Å². The first-order valence-corrected chi connectivity index (χ1v) is 6.64. The highest BCUT2D eigenvalue weighted by Gasteiger charge is 2.15. The molecule has 0 aromatic carbocycles. The van der Waals surface area contributed by atoms with Crippen molar-refractivity contribution in [1.29, 1.82) is 0 Å². The van der Waals surface area contributed by atoms with Gasteiger partial charge in [-0.2, -0.15) is 11.8 Å². The van der Waals surface area contributed by atoms with Gasteiger partial charge in [0.25, 0.3) is 0 Å². The average Bonchev–Trinajstić information content (AvgIpc) is 2.25. The second-order valence-corrected chi connectivity index (χ2v) is 5.32. The Morgan fingerprint density at radius 2 is 2.14 bits per heavy atom. The van der Waals surface area contributed by atoms with Gasteiger partial charge >= 0.3 is 0 Å². The van der Waals surface area contributed by atoms with Gasteiger partial charge in [-0.1, -0.05) is 19.3 Å². The number of hydrogen-bond acceptors (Lipinski definition) is 2. The van der Waals surface area contributed by atoms with Gasteiger partial charge in [0.05, 0.1) is 0 Å². The van der Waals surface area contributed by atoms with E-state index < -0.39 is 0 Å². The molecule has 1 N–H and O–H groups in total. The third-order valence-electron chi connectivity index (χ3n) is 2.86. The quantitative estimate of drug-likeness (QED) is 0.702. The maximum absolute atomic E-state index is 5.31. The van der Waals surface area contributed by atoms with Crippen LogP contribution in [0.15, 0.2) is 0 Å². The van der Waals surface area contributed by atoms with Crippen molar-refractivity contribution in [2.45, 2.75) is 49.8 Å². The first-order valence-electron chi connectivity index (χ1n) is 5.59. The Morgan fingerprint density at radius 3 is 2.71 bits per heavy atom. The Balaban J connectivity index is 2.14. The molecule has 80 valence electrons. The molecule has 0 aromatic heterocycles. The number of thioether (sulfide) groups is 1. The second-order valence-electron chi connectivity index (χ2n) is 3.99. The van der Waals surface area contributed by atoms with Crippen LogP contribution in [0, 0.1) is 12.3 Å². The fourth-order valence-corrected chi connectivity index (χ4v) is 3.33. The van der Waals surface area contributed by atoms with Gasteiger partial charge in [0.2, 0.25) is 0 Å². The van der Waals surface area contributed by atoms with Crippen molar-refractivity contribution < 1.29 is 0 Å². The van der Waals surface area contributed by atoms with Gasteiger partial charge in [-0.15, -0.1) is 12.3 Å². The highest BCUT2D eigenvalue weighted by atomic mass is 32.2. The summed E-state index contributed by atoms with van der Waals surface area (Å²) in [5, 5.41) is 4.18. The largest absolute Gasteiger partial charge is 0.315 e. The Kier molecular flexibility index (Phi) is 6.14. The molecular weight excluding hydrogens is 190 g/mol. The van der Waals surface area contributed by atoms with Crippen LogP contribution in [-0.4, -0.2) is 24.1 Å². The lowest BCUT2D eigenvalue weighted by atomic mass is 10.0. The monoisotopic (exact) mass is 211 g/mol. The minimum atomic E-state index is 0.506. The van der Waals surface area contributed by atoms with E-state index in [4.69, 9.17) is 6.42 Å². The molecule has 0 amide bonds. The fraction of sp³-hybridized carbons (Fsp3) is 0.833. The lowest BCUT2D eigenvalue weighted by Crippen LogP contribution is -2.28. The summed E-state index contributed by atoms with van der Waals surface area (Å²) in [5.41, 5.74) is 0. The van der Waals surface area contributed by atoms with Gasteiger partial charge in [0.15, 0.2) is 0 Å². The molecule has 1 nitrogen and oxygen atoms in total. The molecule has 0 heterocycles. The van der Waals surface area contributed by atoms with Crippen LogP contribution in [0.3, 0.4) is 0 Å². The van der Waals surface area contributed by atoms with E-state index in [1.807, 2.05) is 7.05 Å². The lowest BCUT2D eigenvalue weighted by molar-refractivity contribution is 0.514. The Labute approximate surface area is 92.4 Å². The maximum atomic E-state index is 5.31. The summed E-state index contributed by atoms with van der Waals surface area (Å²) in [4.78, 5) is 0. The van der Waals surface area contributed by atoms with Crippen molar-refractivity contribution in [2.24, 2.45) is 0 Å².